The van der Waals surface area contributed by atoms with E-state index in [0.29, 0.717) is 6.42 Å². The Bertz CT molecular complexity index is 852. The third-order valence-corrected chi connectivity index (χ3v) is 4.03. The molecule has 0 aliphatic rings. The van der Waals surface area contributed by atoms with Crippen molar-refractivity contribution in [3.05, 3.63) is 54.1 Å². The van der Waals surface area contributed by atoms with Crippen molar-refractivity contribution in [2.75, 3.05) is 7.11 Å². The predicted molar refractivity (Wildman–Crippen MR) is 105 cm³/mol. The molecule has 0 aromatic heterocycles. The second-order valence-electron chi connectivity index (χ2n) is 6.00. The number of aliphatic carboxylic acids is 1. The number of nitrogens with zero attached hydrogens (tertiary/aromatic N) is 1. The molecule has 2 aromatic carbocycles. The monoisotopic (exact) mass is 385 g/mol. The third-order valence-electron chi connectivity index (χ3n) is 4.03. The summed E-state index contributed by atoms with van der Waals surface area (Å²) in [5, 5.41) is 15.0. The number of methoxy groups -OCH3 is 1. The number of para-hydroxylation sites is 1. The summed E-state index contributed by atoms with van der Waals surface area (Å²) < 4.78 is 5.37. The standard InChI is InChI=1S/C19H23N5O4/c1-28-16-5-3-2-4-15(16)13-8-6-12(7-9-13)10-14(11-17(25)26)22-19(27)18(20)23-24-21/h2-9,14,24H,10-11,21H2,1H3,(H2,20,23)(H,22,27)(H,25,26). The number of hydrogen-bond acceptors (Lipinski definition) is 6. The van der Waals surface area contributed by atoms with Gasteiger partial charge in [-0.1, -0.05) is 42.5 Å². The molecule has 9 nitrogen and oxygen atoms in total. The van der Waals surface area contributed by atoms with Gasteiger partial charge in [-0.3, -0.25) is 9.59 Å². The molecular weight excluding hydrogens is 362 g/mol. The van der Waals surface area contributed by atoms with Gasteiger partial charge in [-0.25, -0.2) is 11.4 Å². The first-order valence-electron chi connectivity index (χ1n) is 8.48. The maximum Gasteiger partial charge on any atom is 0.305 e. The first-order chi connectivity index (χ1) is 13.4. The summed E-state index contributed by atoms with van der Waals surface area (Å²) in [7, 11) is 1.61. The fourth-order valence-corrected chi connectivity index (χ4v) is 2.75. The van der Waals surface area contributed by atoms with Crippen molar-refractivity contribution >= 4 is 17.7 Å². The summed E-state index contributed by atoms with van der Waals surface area (Å²) in [6.45, 7) is 0. The number of benzene rings is 2. The first kappa shape index (κ1) is 20.7. The van der Waals surface area contributed by atoms with Crippen LogP contribution in [0.4, 0.5) is 0 Å². The molecular formula is C19H23N5O4. The zero-order valence-corrected chi connectivity index (χ0v) is 15.4. The molecule has 2 aromatic rings. The number of carboxylic acid groups (broad SMARTS) is 1. The Balaban J connectivity index is 2.15. The fourth-order valence-electron chi connectivity index (χ4n) is 2.75. The zero-order chi connectivity index (χ0) is 20.5. The van der Waals surface area contributed by atoms with Gasteiger partial charge in [0.15, 0.2) is 0 Å². The number of carbonyl (C=O) groups is 2. The van der Waals surface area contributed by atoms with E-state index in [1.807, 2.05) is 54.1 Å². The van der Waals surface area contributed by atoms with Crippen molar-refractivity contribution in [1.29, 1.82) is 0 Å². The summed E-state index contributed by atoms with van der Waals surface area (Å²) in [5.41, 5.74) is 10.1. The van der Waals surface area contributed by atoms with Gasteiger partial charge in [0.25, 0.3) is 5.91 Å². The average Bonchev–Trinajstić information content (AvgIpc) is 2.68. The van der Waals surface area contributed by atoms with Crippen LogP contribution in [0.5, 0.6) is 5.75 Å². The van der Waals surface area contributed by atoms with E-state index in [4.69, 9.17) is 21.4 Å². The van der Waals surface area contributed by atoms with E-state index in [-0.39, 0.29) is 12.3 Å². The molecule has 0 heterocycles. The summed E-state index contributed by atoms with van der Waals surface area (Å²) in [6.07, 6.45) is 0.0525. The topological polar surface area (TPSA) is 152 Å². The van der Waals surface area contributed by atoms with Gasteiger partial charge in [-0.15, -0.1) is 5.10 Å². The SMILES string of the molecule is COc1ccccc1-c1ccc(CC(CC(=O)O)NC(=O)C(N)=NNN)cc1. The molecule has 7 N–H and O–H groups in total. The molecule has 9 heteroatoms. The number of amidine groups is 1. The summed E-state index contributed by atoms with van der Waals surface area (Å²) in [5.74, 6) is 3.62. The van der Waals surface area contributed by atoms with Crippen LogP contribution in [-0.2, 0) is 16.0 Å². The van der Waals surface area contributed by atoms with Crippen LogP contribution in [-0.4, -0.2) is 36.0 Å². The lowest BCUT2D eigenvalue weighted by atomic mass is 9.99. The maximum absolute atomic E-state index is 12.0. The summed E-state index contributed by atoms with van der Waals surface area (Å²) >= 11 is 0. The number of carbonyl (C=O) groups excluding carboxylic acids is 1. The smallest absolute Gasteiger partial charge is 0.305 e. The van der Waals surface area contributed by atoms with Gasteiger partial charge in [0, 0.05) is 11.6 Å². The van der Waals surface area contributed by atoms with Crippen LogP contribution in [0, 0.1) is 0 Å². The number of rotatable bonds is 8. The molecule has 0 saturated heterocycles. The number of nitrogens with two attached hydrogens (primary N) is 2. The fraction of sp³-hybridized carbons (Fsp3) is 0.211. The Kier molecular flexibility index (Phi) is 7.35. The van der Waals surface area contributed by atoms with E-state index in [1.165, 1.54) is 0 Å². The highest BCUT2D eigenvalue weighted by Crippen LogP contribution is 2.29. The molecule has 0 saturated carbocycles. The molecule has 1 amide bonds. The largest absolute Gasteiger partial charge is 0.496 e. The minimum absolute atomic E-state index is 0.261. The second-order valence-corrected chi connectivity index (χ2v) is 6.00. The molecule has 0 fully saturated rings. The minimum atomic E-state index is -1.04. The minimum Gasteiger partial charge on any atom is -0.496 e. The summed E-state index contributed by atoms with van der Waals surface area (Å²) in [6, 6.07) is 14.6. The van der Waals surface area contributed by atoms with Crippen molar-refractivity contribution in [1.82, 2.24) is 10.9 Å². The normalized spacial score (nSPS) is 12.1. The van der Waals surface area contributed by atoms with Crippen LogP contribution in [0.25, 0.3) is 11.1 Å². The number of hydrogen-bond donors (Lipinski definition) is 5. The second kappa shape index (κ2) is 9.93. The Labute approximate surface area is 162 Å². The Morgan fingerprint density at radius 1 is 1.18 bits per heavy atom. The van der Waals surface area contributed by atoms with Crippen LogP contribution < -0.4 is 27.2 Å². The van der Waals surface area contributed by atoms with Gasteiger partial charge in [0.2, 0.25) is 5.84 Å². The number of carboxylic acids is 1. The van der Waals surface area contributed by atoms with Crippen molar-refractivity contribution in [3.63, 3.8) is 0 Å². The van der Waals surface area contributed by atoms with Crippen LogP contribution in [0.15, 0.2) is 53.6 Å². The van der Waals surface area contributed by atoms with Gasteiger partial charge in [0.1, 0.15) is 5.75 Å². The van der Waals surface area contributed by atoms with Gasteiger partial charge < -0.3 is 20.9 Å². The maximum atomic E-state index is 12.0. The number of amides is 1. The molecule has 1 unspecified atom stereocenters. The molecule has 0 spiro atoms. The molecule has 0 radical (unpaired) electrons. The van der Waals surface area contributed by atoms with Crippen LogP contribution in [0.3, 0.4) is 0 Å². The molecule has 28 heavy (non-hydrogen) atoms. The lowest BCUT2D eigenvalue weighted by Crippen LogP contribution is -2.45. The Morgan fingerprint density at radius 3 is 2.46 bits per heavy atom. The first-order valence-corrected chi connectivity index (χ1v) is 8.48. The number of ether oxygens (including phenoxy) is 1. The van der Waals surface area contributed by atoms with Crippen LogP contribution in [0.2, 0.25) is 0 Å². The molecule has 0 aliphatic carbocycles. The molecule has 2 rings (SSSR count). The van der Waals surface area contributed by atoms with E-state index < -0.39 is 17.9 Å². The molecule has 0 aliphatic heterocycles. The quantitative estimate of drug-likeness (QED) is 0.193. The lowest BCUT2D eigenvalue weighted by Gasteiger charge is -2.17. The van der Waals surface area contributed by atoms with E-state index in [2.05, 4.69) is 10.4 Å². The van der Waals surface area contributed by atoms with Crippen molar-refractivity contribution in [3.8, 4) is 16.9 Å². The molecule has 148 valence electrons. The van der Waals surface area contributed by atoms with Gasteiger partial charge >= 0.3 is 5.97 Å². The highest BCUT2D eigenvalue weighted by Gasteiger charge is 2.19. The number of hydrazone groups is 1. The third kappa shape index (κ3) is 5.71. The van der Waals surface area contributed by atoms with Crippen molar-refractivity contribution in [2.24, 2.45) is 16.7 Å². The predicted octanol–water partition coefficient (Wildman–Crippen LogP) is 0.600. The van der Waals surface area contributed by atoms with Gasteiger partial charge in [-0.05, 0) is 23.6 Å². The number of hydrazine groups is 1. The molecule has 1 atom stereocenters. The van der Waals surface area contributed by atoms with E-state index in [0.717, 1.165) is 22.4 Å². The van der Waals surface area contributed by atoms with E-state index in [1.54, 1.807) is 7.11 Å². The molecule has 0 bridgehead atoms. The Morgan fingerprint density at radius 2 is 1.86 bits per heavy atom. The average molecular weight is 385 g/mol. The van der Waals surface area contributed by atoms with Gasteiger partial charge in [-0.2, -0.15) is 0 Å². The van der Waals surface area contributed by atoms with E-state index >= 15 is 0 Å². The van der Waals surface area contributed by atoms with Crippen molar-refractivity contribution < 1.29 is 19.4 Å². The Hall–Kier alpha value is -3.59. The highest BCUT2D eigenvalue weighted by atomic mass is 16.5. The summed E-state index contributed by atoms with van der Waals surface area (Å²) in [4.78, 5) is 23.1. The highest BCUT2D eigenvalue weighted by molar-refractivity contribution is 6.37. The van der Waals surface area contributed by atoms with E-state index in [9.17, 15) is 9.59 Å². The zero-order valence-electron chi connectivity index (χ0n) is 15.4. The van der Waals surface area contributed by atoms with Crippen LogP contribution in [0.1, 0.15) is 12.0 Å². The number of nitrogens with one attached hydrogen (secondary N) is 2. The van der Waals surface area contributed by atoms with Gasteiger partial charge in [0.05, 0.1) is 13.5 Å². The lowest BCUT2D eigenvalue weighted by molar-refractivity contribution is -0.137. The van der Waals surface area contributed by atoms with Crippen molar-refractivity contribution in [2.45, 2.75) is 18.9 Å². The van der Waals surface area contributed by atoms with Crippen LogP contribution >= 0.6 is 0 Å².